The highest BCUT2D eigenvalue weighted by Gasteiger charge is 2.17. The van der Waals surface area contributed by atoms with Crippen LogP contribution < -0.4 is 14.8 Å². The molecule has 0 radical (unpaired) electrons. The molecule has 0 spiro atoms. The summed E-state index contributed by atoms with van der Waals surface area (Å²) in [5.41, 5.74) is 2.45. The molecule has 4 rings (SSSR count). The molecule has 1 aliphatic rings. The summed E-state index contributed by atoms with van der Waals surface area (Å²) in [5.74, 6) is 1.23. The summed E-state index contributed by atoms with van der Waals surface area (Å²) in [6, 6.07) is 11.2. The quantitative estimate of drug-likeness (QED) is 0.689. The van der Waals surface area contributed by atoms with Crippen molar-refractivity contribution in [2.24, 2.45) is 7.05 Å². The number of halogens is 1. The lowest BCUT2D eigenvalue weighted by Crippen LogP contribution is -2.17. The second kappa shape index (κ2) is 7.09. The van der Waals surface area contributed by atoms with Crippen molar-refractivity contribution in [1.82, 2.24) is 9.55 Å². The molecule has 2 heterocycles. The van der Waals surface area contributed by atoms with Crippen LogP contribution in [0.15, 0.2) is 41.6 Å². The van der Waals surface area contributed by atoms with Crippen molar-refractivity contribution >= 4 is 46.0 Å². The molecule has 2 aromatic carbocycles. The van der Waals surface area contributed by atoms with Crippen molar-refractivity contribution in [3.63, 3.8) is 0 Å². The van der Waals surface area contributed by atoms with Gasteiger partial charge in [0.1, 0.15) is 13.2 Å². The van der Waals surface area contributed by atoms with E-state index in [1.807, 2.05) is 35.9 Å². The van der Waals surface area contributed by atoms with E-state index in [9.17, 15) is 4.79 Å². The predicted molar refractivity (Wildman–Crippen MR) is 103 cm³/mol. The minimum atomic E-state index is -0.166. The third-order valence-electron chi connectivity index (χ3n) is 3.98. The maximum Gasteiger partial charge on any atom is 0.234 e. The van der Waals surface area contributed by atoms with Gasteiger partial charge in [0.05, 0.1) is 27.5 Å². The summed E-state index contributed by atoms with van der Waals surface area (Å²) in [6.45, 7) is 0.967. The van der Waals surface area contributed by atoms with Crippen LogP contribution >= 0.6 is 23.4 Å². The van der Waals surface area contributed by atoms with Crippen molar-refractivity contribution < 1.29 is 14.3 Å². The molecule has 26 heavy (non-hydrogen) atoms. The Balaban J connectivity index is 1.45. The standard InChI is InChI=1S/C18H16ClN3O3S/c1-22-14-5-3-2-4-12(14)21-18(22)26-10-17(23)20-13-9-16-15(8-11(13)19)24-6-7-25-16/h2-5,8-9H,6-7,10H2,1H3,(H,20,23). The number of aromatic nitrogens is 2. The van der Waals surface area contributed by atoms with Crippen molar-refractivity contribution in [3.05, 3.63) is 41.4 Å². The van der Waals surface area contributed by atoms with E-state index in [4.69, 9.17) is 21.1 Å². The molecule has 1 N–H and O–H groups in total. The molecule has 0 saturated carbocycles. The Morgan fingerprint density at radius 3 is 2.77 bits per heavy atom. The summed E-state index contributed by atoms with van der Waals surface area (Å²) in [5, 5.41) is 4.02. The molecule has 6 nitrogen and oxygen atoms in total. The number of carbonyl (C=O) groups excluding carboxylic acids is 1. The average Bonchev–Trinajstić information content (AvgIpc) is 2.97. The van der Waals surface area contributed by atoms with Gasteiger partial charge in [0.25, 0.3) is 0 Å². The SMILES string of the molecule is Cn1c(SCC(=O)Nc2cc3c(cc2Cl)OCCO3)nc2ccccc21. The minimum absolute atomic E-state index is 0.166. The van der Waals surface area contributed by atoms with Gasteiger partial charge in [-0.3, -0.25) is 4.79 Å². The van der Waals surface area contributed by atoms with E-state index >= 15 is 0 Å². The zero-order valence-corrected chi connectivity index (χ0v) is 15.6. The number of aryl methyl sites for hydroxylation is 1. The molecule has 0 unspecified atom stereocenters. The summed E-state index contributed by atoms with van der Waals surface area (Å²) in [7, 11) is 1.94. The van der Waals surface area contributed by atoms with Crippen molar-refractivity contribution in [2.45, 2.75) is 5.16 Å². The van der Waals surface area contributed by atoms with Crippen molar-refractivity contribution in [3.8, 4) is 11.5 Å². The van der Waals surface area contributed by atoms with E-state index in [2.05, 4.69) is 10.3 Å². The Kier molecular flexibility index (Phi) is 4.65. The number of anilines is 1. The molecule has 8 heteroatoms. The summed E-state index contributed by atoms with van der Waals surface area (Å²) < 4.78 is 13.0. The van der Waals surface area contributed by atoms with Gasteiger partial charge in [0, 0.05) is 19.2 Å². The summed E-state index contributed by atoms with van der Waals surface area (Å²) in [6.07, 6.45) is 0. The zero-order chi connectivity index (χ0) is 18.1. The molecule has 1 aliphatic heterocycles. The number of nitrogens with zero attached hydrogens (tertiary/aromatic N) is 2. The van der Waals surface area contributed by atoms with Crippen LogP contribution in [-0.2, 0) is 11.8 Å². The first kappa shape index (κ1) is 17.1. The number of rotatable bonds is 4. The lowest BCUT2D eigenvalue weighted by atomic mass is 10.2. The normalized spacial score (nSPS) is 13.0. The fraction of sp³-hybridized carbons (Fsp3) is 0.222. The van der Waals surface area contributed by atoms with Gasteiger partial charge in [-0.2, -0.15) is 0 Å². The van der Waals surface area contributed by atoms with Crippen LogP contribution in [0.5, 0.6) is 11.5 Å². The first-order valence-electron chi connectivity index (χ1n) is 8.05. The predicted octanol–water partition coefficient (Wildman–Crippen LogP) is 3.73. The number of imidazole rings is 1. The van der Waals surface area contributed by atoms with Gasteiger partial charge in [-0.15, -0.1) is 0 Å². The minimum Gasteiger partial charge on any atom is -0.486 e. The number of benzene rings is 2. The van der Waals surface area contributed by atoms with Gasteiger partial charge in [0.2, 0.25) is 5.91 Å². The van der Waals surface area contributed by atoms with Gasteiger partial charge >= 0.3 is 0 Å². The van der Waals surface area contributed by atoms with Crippen LogP contribution in [-0.4, -0.2) is 34.4 Å². The smallest absolute Gasteiger partial charge is 0.234 e. The van der Waals surface area contributed by atoms with Crippen LogP contribution in [0.2, 0.25) is 5.02 Å². The van der Waals surface area contributed by atoms with Gasteiger partial charge < -0.3 is 19.4 Å². The molecule has 0 atom stereocenters. The fourth-order valence-electron chi connectivity index (χ4n) is 2.73. The van der Waals surface area contributed by atoms with E-state index < -0.39 is 0 Å². The monoisotopic (exact) mass is 389 g/mol. The fourth-order valence-corrected chi connectivity index (χ4v) is 3.72. The Hall–Kier alpha value is -2.38. The molecule has 3 aromatic rings. The average molecular weight is 390 g/mol. The van der Waals surface area contributed by atoms with Gasteiger partial charge in [-0.1, -0.05) is 35.5 Å². The molecule has 134 valence electrons. The molecule has 0 fully saturated rings. The number of hydrogen-bond donors (Lipinski definition) is 1. The third-order valence-corrected chi connectivity index (χ3v) is 5.33. The number of amides is 1. The molecule has 1 amide bonds. The van der Waals surface area contributed by atoms with Crippen LogP contribution in [0.25, 0.3) is 11.0 Å². The number of nitrogens with one attached hydrogen (secondary N) is 1. The topological polar surface area (TPSA) is 65.4 Å². The van der Waals surface area contributed by atoms with Gasteiger partial charge in [-0.05, 0) is 12.1 Å². The van der Waals surface area contributed by atoms with E-state index in [0.29, 0.717) is 35.4 Å². The lowest BCUT2D eigenvalue weighted by molar-refractivity contribution is -0.113. The summed E-state index contributed by atoms with van der Waals surface area (Å²) >= 11 is 7.60. The maximum atomic E-state index is 12.3. The Labute approximate surface area is 159 Å². The highest BCUT2D eigenvalue weighted by molar-refractivity contribution is 7.99. The maximum absolute atomic E-state index is 12.3. The number of carbonyl (C=O) groups is 1. The van der Waals surface area contributed by atoms with Crippen LogP contribution in [0.3, 0.4) is 0 Å². The lowest BCUT2D eigenvalue weighted by Gasteiger charge is -2.20. The molecular formula is C18H16ClN3O3S. The van der Waals surface area contributed by atoms with Gasteiger partial charge in [0.15, 0.2) is 16.7 Å². The van der Waals surface area contributed by atoms with E-state index in [1.54, 1.807) is 12.1 Å². The Morgan fingerprint density at radius 2 is 2.00 bits per heavy atom. The highest BCUT2D eigenvalue weighted by Crippen LogP contribution is 2.38. The van der Waals surface area contributed by atoms with E-state index in [-0.39, 0.29) is 11.7 Å². The Morgan fingerprint density at radius 1 is 1.27 bits per heavy atom. The molecular weight excluding hydrogens is 374 g/mol. The van der Waals surface area contributed by atoms with Crippen LogP contribution in [0, 0.1) is 0 Å². The molecule has 1 aromatic heterocycles. The zero-order valence-electron chi connectivity index (χ0n) is 14.0. The number of para-hydroxylation sites is 2. The van der Waals surface area contributed by atoms with Crippen LogP contribution in [0.4, 0.5) is 5.69 Å². The number of ether oxygens (including phenoxy) is 2. The first-order valence-corrected chi connectivity index (χ1v) is 9.41. The largest absolute Gasteiger partial charge is 0.486 e. The number of thioether (sulfide) groups is 1. The van der Waals surface area contributed by atoms with Crippen LogP contribution in [0.1, 0.15) is 0 Å². The third kappa shape index (κ3) is 3.32. The summed E-state index contributed by atoms with van der Waals surface area (Å²) in [4.78, 5) is 16.9. The van der Waals surface area contributed by atoms with E-state index in [0.717, 1.165) is 16.2 Å². The molecule has 0 saturated heterocycles. The first-order chi connectivity index (χ1) is 12.6. The molecule has 0 bridgehead atoms. The number of fused-ring (bicyclic) bond motifs is 2. The highest BCUT2D eigenvalue weighted by atomic mass is 35.5. The molecule has 0 aliphatic carbocycles. The van der Waals surface area contributed by atoms with Gasteiger partial charge in [-0.25, -0.2) is 4.98 Å². The van der Waals surface area contributed by atoms with E-state index in [1.165, 1.54) is 11.8 Å². The second-order valence-corrected chi connectivity index (χ2v) is 7.10. The number of hydrogen-bond acceptors (Lipinski definition) is 5. The second-order valence-electron chi connectivity index (χ2n) is 5.75. The van der Waals surface area contributed by atoms with Crippen molar-refractivity contribution in [1.29, 1.82) is 0 Å². The Bertz CT molecular complexity index is 989. The van der Waals surface area contributed by atoms with Crippen molar-refractivity contribution in [2.75, 3.05) is 24.3 Å².